The predicted molar refractivity (Wildman–Crippen MR) is 75.3 cm³/mol. The van der Waals surface area contributed by atoms with E-state index < -0.39 is 15.8 Å². The van der Waals surface area contributed by atoms with Crippen molar-refractivity contribution in [2.75, 3.05) is 6.54 Å². The minimum absolute atomic E-state index is 0.0825. The van der Waals surface area contributed by atoms with Gasteiger partial charge in [0.2, 0.25) is 10.0 Å². The van der Waals surface area contributed by atoms with Crippen LogP contribution in [0.2, 0.25) is 0 Å². The molecule has 19 heavy (non-hydrogen) atoms. The fraction of sp³-hybridized carbons (Fsp3) is 0.538. The van der Waals surface area contributed by atoms with Crippen LogP contribution >= 0.6 is 11.6 Å². The van der Waals surface area contributed by atoms with Crippen LogP contribution in [0.5, 0.6) is 0 Å². The molecule has 0 saturated carbocycles. The van der Waals surface area contributed by atoms with Gasteiger partial charge in [-0.05, 0) is 24.1 Å². The van der Waals surface area contributed by atoms with Gasteiger partial charge < -0.3 is 0 Å². The number of rotatable bonds is 7. The zero-order valence-corrected chi connectivity index (χ0v) is 12.6. The molecule has 0 spiro atoms. The van der Waals surface area contributed by atoms with E-state index in [2.05, 4.69) is 4.72 Å². The van der Waals surface area contributed by atoms with Crippen LogP contribution in [0, 0.1) is 11.7 Å². The highest BCUT2D eigenvalue weighted by Crippen LogP contribution is 2.18. The van der Waals surface area contributed by atoms with Gasteiger partial charge in [0, 0.05) is 11.9 Å². The Kier molecular flexibility index (Phi) is 6.23. The molecule has 1 aromatic rings. The minimum atomic E-state index is -3.70. The maximum Gasteiger partial charge on any atom is 0.240 e. The molecule has 6 heteroatoms. The second-order valence-electron chi connectivity index (χ2n) is 4.40. The molecule has 0 aliphatic rings. The van der Waals surface area contributed by atoms with Gasteiger partial charge in [0.25, 0.3) is 0 Å². The largest absolute Gasteiger partial charge is 0.240 e. The molecule has 0 bridgehead atoms. The van der Waals surface area contributed by atoms with Crippen molar-refractivity contribution in [2.45, 2.75) is 37.0 Å². The summed E-state index contributed by atoms with van der Waals surface area (Å²) in [6.07, 6.45) is 1.79. The van der Waals surface area contributed by atoms with E-state index in [4.69, 9.17) is 11.6 Å². The van der Waals surface area contributed by atoms with Crippen LogP contribution in [0.15, 0.2) is 29.2 Å². The summed E-state index contributed by atoms with van der Waals surface area (Å²) in [7, 11) is -3.70. The molecular weight excluding hydrogens is 289 g/mol. The van der Waals surface area contributed by atoms with Gasteiger partial charge >= 0.3 is 0 Å². The highest BCUT2D eigenvalue weighted by molar-refractivity contribution is 7.89. The first-order chi connectivity index (χ1) is 8.90. The second-order valence-corrected chi connectivity index (χ2v) is 6.73. The van der Waals surface area contributed by atoms with Crippen molar-refractivity contribution in [3.8, 4) is 0 Å². The number of benzene rings is 1. The molecule has 1 unspecified atom stereocenters. The SMILES string of the molecule is CCC(CC)C(Cl)CNS(=O)(=O)c1cccc(F)c1. The lowest BCUT2D eigenvalue weighted by Gasteiger charge is -2.19. The van der Waals surface area contributed by atoms with E-state index in [0.29, 0.717) is 0 Å². The molecule has 1 aromatic carbocycles. The van der Waals surface area contributed by atoms with Crippen LogP contribution in [0.25, 0.3) is 0 Å². The van der Waals surface area contributed by atoms with Crippen molar-refractivity contribution < 1.29 is 12.8 Å². The van der Waals surface area contributed by atoms with E-state index in [1.165, 1.54) is 18.2 Å². The molecular formula is C13H19ClFNO2S. The lowest BCUT2D eigenvalue weighted by molar-refractivity contribution is 0.460. The van der Waals surface area contributed by atoms with Crippen LogP contribution < -0.4 is 4.72 Å². The average Bonchev–Trinajstić information content (AvgIpc) is 2.38. The van der Waals surface area contributed by atoms with E-state index in [1.807, 2.05) is 13.8 Å². The van der Waals surface area contributed by atoms with Crippen molar-refractivity contribution >= 4 is 21.6 Å². The molecule has 0 fully saturated rings. The zero-order chi connectivity index (χ0) is 14.5. The monoisotopic (exact) mass is 307 g/mol. The van der Waals surface area contributed by atoms with Crippen molar-refractivity contribution in [3.63, 3.8) is 0 Å². The Morgan fingerprint density at radius 1 is 1.32 bits per heavy atom. The quantitative estimate of drug-likeness (QED) is 0.787. The number of hydrogen-bond donors (Lipinski definition) is 1. The first-order valence-electron chi connectivity index (χ1n) is 6.30. The number of alkyl halides is 1. The standard InChI is InChI=1S/C13H19ClFNO2S/c1-3-10(4-2)13(14)9-16-19(17,18)12-7-5-6-11(15)8-12/h5-8,10,13,16H,3-4,9H2,1-2H3. The fourth-order valence-electron chi connectivity index (χ4n) is 1.87. The summed E-state index contributed by atoms with van der Waals surface area (Å²) < 4.78 is 39.3. The van der Waals surface area contributed by atoms with Gasteiger partial charge in [-0.3, -0.25) is 0 Å². The third kappa shape index (κ3) is 4.75. The van der Waals surface area contributed by atoms with E-state index >= 15 is 0 Å². The molecule has 1 atom stereocenters. The summed E-state index contributed by atoms with van der Waals surface area (Å²) in [5, 5.41) is -0.265. The van der Waals surface area contributed by atoms with Crippen LogP contribution in [0.4, 0.5) is 4.39 Å². The summed E-state index contributed by atoms with van der Waals surface area (Å²) in [5.41, 5.74) is 0. The lowest BCUT2D eigenvalue weighted by Crippen LogP contribution is -2.33. The number of nitrogens with one attached hydrogen (secondary N) is 1. The van der Waals surface area contributed by atoms with Gasteiger partial charge in [-0.25, -0.2) is 17.5 Å². The summed E-state index contributed by atoms with van der Waals surface area (Å²) >= 11 is 6.17. The van der Waals surface area contributed by atoms with Crippen LogP contribution in [0.3, 0.4) is 0 Å². The molecule has 0 amide bonds. The highest BCUT2D eigenvalue weighted by Gasteiger charge is 2.20. The van der Waals surface area contributed by atoms with Gasteiger partial charge in [0.05, 0.1) is 4.90 Å². The molecule has 0 radical (unpaired) electrons. The Hall–Kier alpha value is -0.650. The third-order valence-electron chi connectivity index (χ3n) is 3.14. The van der Waals surface area contributed by atoms with Gasteiger partial charge in [0.15, 0.2) is 0 Å². The smallest absolute Gasteiger partial charge is 0.210 e. The molecule has 0 aliphatic carbocycles. The van der Waals surface area contributed by atoms with Crippen LogP contribution in [-0.4, -0.2) is 20.3 Å². The normalized spacial score (nSPS) is 13.7. The van der Waals surface area contributed by atoms with Crippen molar-refractivity contribution in [1.29, 1.82) is 0 Å². The summed E-state index contributed by atoms with van der Waals surface area (Å²) in [6, 6.07) is 4.91. The zero-order valence-electron chi connectivity index (χ0n) is 11.1. The maximum atomic E-state index is 13.0. The van der Waals surface area contributed by atoms with Crippen LogP contribution in [-0.2, 0) is 10.0 Å². The van der Waals surface area contributed by atoms with Gasteiger partial charge in [0.1, 0.15) is 5.82 Å². The van der Waals surface area contributed by atoms with Crippen molar-refractivity contribution in [2.24, 2.45) is 5.92 Å². The topological polar surface area (TPSA) is 46.2 Å². The average molecular weight is 308 g/mol. The molecule has 3 nitrogen and oxygen atoms in total. The molecule has 0 aromatic heterocycles. The van der Waals surface area contributed by atoms with Gasteiger partial charge in [-0.2, -0.15) is 0 Å². The molecule has 0 aliphatic heterocycles. The molecule has 1 rings (SSSR count). The van der Waals surface area contributed by atoms with E-state index in [-0.39, 0.29) is 22.7 Å². The molecule has 0 saturated heterocycles. The molecule has 108 valence electrons. The fourth-order valence-corrected chi connectivity index (χ4v) is 3.49. The maximum absolute atomic E-state index is 13.0. The highest BCUT2D eigenvalue weighted by atomic mass is 35.5. The number of sulfonamides is 1. The second kappa shape index (κ2) is 7.22. The molecule has 1 N–H and O–H groups in total. The third-order valence-corrected chi connectivity index (χ3v) is 5.07. The Bertz CT molecular complexity index is 503. The van der Waals surface area contributed by atoms with E-state index in [0.717, 1.165) is 18.9 Å². The summed E-state index contributed by atoms with van der Waals surface area (Å²) in [4.78, 5) is -0.0825. The Morgan fingerprint density at radius 3 is 2.47 bits per heavy atom. The van der Waals surface area contributed by atoms with Crippen molar-refractivity contribution in [3.05, 3.63) is 30.1 Å². The lowest BCUT2D eigenvalue weighted by atomic mass is 9.99. The van der Waals surface area contributed by atoms with Gasteiger partial charge in [-0.15, -0.1) is 11.6 Å². The summed E-state index contributed by atoms with van der Waals surface area (Å²) in [5.74, 6) is -0.317. The Morgan fingerprint density at radius 2 is 1.95 bits per heavy atom. The Balaban J connectivity index is 2.71. The number of halogens is 2. The van der Waals surface area contributed by atoms with Crippen LogP contribution in [0.1, 0.15) is 26.7 Å². The van der Waals surface area contributed by atoms with Crippen molar-refractivity contribution in [1.82, 2.24) is 4.72 Å². The van der Waals surface area contributed by atoms with E-state index in [9.17, 15) is 12.8 Å². The van der Waals surface area contributed by atoms with Gasteiger partial charge in [-0.1, -0.05) is 32.8 Å². The van der Waals surface area contributed by atoms with E-state index in [1.54, 1.807) is 0 Å². The predicted octanol–water partition coefficient (Wildman–Crippen LogP) is 3.15. The first kappa shape index (κ1) is 16.4. The Labute approximate surface area is 119 Å². The minimum Gasteiger partial charge on any atom is -0.210 e. The number of hydrogen-bond acceptors (Lipinski definition) is 2. The molecule has 0 heterocycles. The first-order valence-corrected chi connectivity index (χ1v) is 8.22. The summed E-state index contributed by atoms with van der Waals surface area (Å²) in [6.45, 7) is 4.18.